The van der Waals surface area contributed by atoms with Crippen LogP contribution in [-0.2, 0) is 4.79 Å². The first-order chi connectivity index (χ1) is 9.59. The first-order valence-electron chi connectivity index (χ1n) is 7.01. The van der Waals surface area contributed by atoms with Gasteiger partial charge in [0.2, 0.25) is 5.91 Å². The molecule has 1 heterocycles. The van der Waals surface area contributed by atoms with Crippen molar-refractivity contribution in [2.45, 2.75) is 24.8 Å². The molecule has 5 heteroatoms. The van der Waals surface area contributed by atoms with Crippen molar-refractivity contribution in [3.05, 3.63) is 35.4 Å². The predicted octanol–water partition coefficient (Wildman–Crippen LogP) is 1.89. The van der Waals surface area contributed by atoms with Gasteiger partial charge in [0.1, 0.15) is 11.6 Å². The highest BCUT2D eigenvalue weighted by Crippen LogP contribution is 2.50. The molecule has 0 aromatic heterocycles. The summed E-state index contributed by atoms with van der Waals surface area (Å²) in [4.78, 5) is 14.1. The lowest BCUT2D eigenvalue weighted by Gasteiger charge is -2.24. The maximum absolute atomic E-state index is 13.7. The van der Waals surface area contributed by atoms with Crippen LogP contribution < -0.4 is 5.32 Å². The first-order valence-corrected chi connectivity index (χ1v) is 7.01. The van der Waals surface area contributed by atoms with E-state index in [1.54, 1.807) is 11.9 Å². The second kappa shape index (κ2) is 5.13. The SMILES string of the molecule is CN(C(=O)[C@@H]1C[C@H]1c1c(F)cccc1F)[C@H]1CCNC1. The Morgan fingerprint density at radius 3 is 2.65 bits per heavy atom. The minimum absolute atomic E-state index is 0.00588. The summed E-state index contributed by atoms with van der Waals surface area (Å²) in [7, 11) is 1.78. The molecule has 0 radical (unpaired) electrons. The third kappa shape index (κ3) is 2.30. The van der Waals surface area contributed by atoms with Crippen molar-refractivity contribution in [3.8, 4) is 0 Å². The van der Waals surface area contributed by atoms with E-state index >= 15 is 0 Å². The third-order valence-electron chi connectivity index (χ3n) is 4.41. The quantitative estimate of drug-likeness (QED) is 0.917. The molecule has 2 fully saturated rings. The van der Waals surface area contributed by atoms with Crippen LogP contribution in [0.5, 0.6) is 0 Å². The van der Waals surface area contributed by atoms with Crippen molar-refractivity contribution in [2.75, 3.05) is 20.1 Å². The summed E-state index contributed by atoms with van der Waals surface area (Å²) in [6.45, 7) is 1.71. The van der Waals surface area contributed by atoms with Crippen LogP contribution in [0.1, 0.15) is 24.3 Å². The number of carbonyl (C=O) groups excluding carboxylic acids is 1. The van der Waals surface area contributed by atoms with Crippen LogP contribution in [0, 0.1) is 17.6 Å². The number of nitrogens with one attached hydrogen (secondary N) is 1. The molecule has 1 saturated heterocycles. The standard InChI is InChI=1S/C15H18F2N2O/c1-19(9-5-6-18-8-9)15(20)11-7-10(11)14-12(16)3-2-4-13(14)17/h2-4,9-11,18H,5-8H2,1H3/t9-,10+,11+/m0/s1. The number of rotatable bonds is 3. The van der Waals surface area contributed by atoms with Gasteiger partial charge in [-0.2, -0.15) is 0 Å². The fourth-order valence-electron chi connectivity index (χ4n) is 3.06. The van der Waals surface area contributed by atoms with Crippen LogP contribution in [-0.4, -0.2) is 37.0 Å². The van der Waals surface area contributed by atoms with Gasteiger partial charge in [0.05, 0.1) is 0 Å². The van der Waals surface area contributed by atoms with Gasteiger partial charge in [-0.15, -0.1) is 0 Å². The average molecular weight is 280 g/mol. The lowest BCUT2D eigenvalue weighted by molar-refractivity contribution is -0.133. The van der Waals surface area contributed by atoms with E-state index in [0.29, 0.717) is 6.42 Å². The van der Waals surface area contributed by atoms with Gasteiger partial charge in [0.25, 0.3) is 0 Å². The largest absolute Gasteiger partial charge is 0.341 e. The van der Waals surface area contributed by atoms with Gasteiger partial charge in [-0.25, -0.2) is 8.78 Å². The molecule has 0 unspecified atom stereocenters. The molecule has 20 heavy (non-hydrogen) atoms. The summed E-state index contributed by atoms with van der Waals surface area (Å²) >= 11 is 0. The maximum Gasteiger partial charge on any atom is 0.226 e. The van der Waals surface area contributed by atoms with E-state index in [9.17, 15) is 13.6 Å². The summed E-state index contributed by atoms with van der Waals surface area (Å²) in [5.41, 5.74) is 0.0730. The summed E-state index contributed by atoms with van der Waals surface area (Å²) in [5.74, 6) is -1.66. The Kier molecular flexibility index (Phi) is 3.46. The van der Waals surface area contributed by atoms with Gasteiger partial charge < -0.3 is 10.2 Å². The van der Waals surface area contributed by atoms with E-state index < -0.39 is 11.6 Å². The number of hydrogen-bond donors (Lipinski definition) is 1. The summed E-state index contributed by atoms with van der Waals surface area (Å²) in [6.07, 6.45) is 1.48. The highest BCUT2D eigenvalue weighted by atomic mass is 19.1. The van der Waals surface area contributed by atoms with Crippen LogP contribution >= 0.6 is 0 Å². The van der Waals surface area contributed by atoms with Gasteiger partial charge in [-0.3, -0.25) is 4.79 Å². The third-order valence-corrected chi connectivity index (χ3v) is 4.41. The first kappa shape index (κ1) is 13.5. The summed E-state index contributed by atoms with van der Waals surface area (Å²) in [6, 6.07) is 4.06. The number of amides is 1. The monoisotopic (exact) mass is 280 g/mol. The van der Waals surface area contributed by atoms with Crippen molar-refractivity contribution in [3.63, 3.8) is 0 Å². The Morgan fingerprint density at radius 1 is 1.35 bits per heavy atom. The molecule has 1 saturated carbocycles. The zero-order valence-electron chi connectivity index (χ0n) is 11.4. The van der Waals surface area contributed by atoms with E-state index in [1.165, 1.54) is 18.2 Å². The van der Waals surface area contributed by atoms with Crippen molar-refractivity contribution in [2.24, 2.45) is 5.92 Å². The number of benzene rings is 1. The molecule has 1 aromatic carbocycles. The van der Waals surface area contributed by atoms with E-state index in [2.05, 4.69) is 5.32 Å². The highest BCUT2D eigenvalue weighted by Gasteiger charge is 2.48. The second-order valence-electron chi connectivity index (χ2n) is 5.68. The Morgan fingerprint density at radius 2 is 2.05 bits per heavy atom. The molecule has 108 valence electrons. The molecule has 1 N–H and O–H groups in total. The summed E-state index contributed by atoms with van der Waals surface area (Å²) in [5, 5.41) is 3.21. The molecular formula is C15H18F2N2O. The second-order valence-corrected chi connectivity index (χ2v) is 5.68. The van der Waals surface area contributed by atoms with Crippen LogP contribution in [0.4, 0.5) is 8.78 Å². The Hall–Kier alpha value is -1.49. The number of nitrogens with zero attached hydrogens (tertiary/aromatic N) is 1. The van der Waals surface area contributed by atoms with Gasteiger partial charge in [0, 0.05) is 37.0 Å². The average Bonchev–Trinajstić information content (AvgIpc) is 3.00. The van der Waals surface area contributed by atoms with Gasteiger partial charge in [0.15, 0.2) is 0 Å². The van der Waals surface area contributed by atoms with Crippen LogP contribution in [0.2, 0.25) is 0 Å². The predicted molar refractivity (Wildman–Crippen MR) is 71.3 cm³/mol. The zero-order chi connectivity index (χ0) is 14.3. The lowest BCUT2D eigenvalue weighted by atomic mass is 10.1. The number of likely N-dealkylation sites (N-methyl/N-ethyl adjacent to an activating group) is 1. The molecule has 1 amide bonds. The van der Waals surface area contributed by atoms with Crippen molar-refractivity contribution in [1.29, 1.82) is 0 Å². The molecule has 3 atom stereocenters. The molecule has 1 aliphatic heterocycles. The van der Waals surface area contributed by atoms with Gasteiger partial charge in [-0.1, -0.05) is 6.07 Å². The Bertz CT molecular complexity index is 508. The van der Waals surface area contributed by atoms with Crippen molar-refractivity contribution < 1.29 is 13.6 Å². The molecule has 2 aliphatic rings. The van der Waals surface area contributed by atoms with E-state index in [-0.39, 0.29) is 29.3 Å². The normalized spacial score (nSPS) is 28.4. The molecule has 3 nitrogen and oxygen atoms in total. The molecule has 1 aromatic rings. The van der Waals surface area contributed by atoms with Gasteiger partial charge in [-0.05, 0) is 31.5 Å². The fraction of sp³-hybridized carbons (Fsp3) is 0.533. The van der Waals surface area contributed by atoms with Gasteiger partial charge >= 0.3 is 0 Å². The number of hydrogen-bond acceptors (Lipinski definition) is 2. The smallest absolute Gasteiger partial charge is 0.226 e. The zero-order valence-corrected chi connectivity index (χ0v) is 11.4. The van der Waals surface area contributed by atoms with Crippen LogP contribution in [0.25, 0.3) is 0 Å². The Labute approximate surface area is 117 Å². The van der Waals surface area contributed by atoms with Crippen molar-refractivity contribution in [1.82, 2.24) is 10.2 Å². The molecular weight excluding hydrogens is 262 g/mol. The minimum atomic E-state index is -0.546. The van der Waals surface area contributed by atoms with Crippen LogP contribution in [0.15, 0.2) is 18.2 Å². The maximum atomic E-state index is 13.7. The molecule has 3 rings (SSSR count). The fourth-order valence-corrected chi connectivity index (χ4v) is 3.06. The minimum Gasteiger partial charge on any atom is -0.341 e. The summed E-state index contributed by atoms with van der Waals surface area (Å²) < 4.78 is 27.4. The molecule has 0 spiro atoms. The topological polar surface area (TPSA) is 32.3 Å². The van der Waals surface area contributed by atoms with Crippen molar-refractivity contribution >= 4 is 5.91 Å². The number of halogens is 2. The Balaban J connectivity index is 1.70. The van der Waals surface area contributed by atoms with Crippen LogP contribution in [0.3, 0.4) is 0 Å². The van der Waals surface area contributed by atoms with E-state index in [0.717, 1.165) is 19.5 Å². The number of carbonyl (C=O) groups is 1. The van der Waals surface area contributed by atoms with E-state index in [4.69, 9.17) is 0 Å². The molecule has 0 bridgehead atoms. The van der Waals surface area contributed by atoms with E-state index in [1.807, 2.05) is 0 Å². The molecule has 1 aliphatic carbocycles. The lowest BCUT2D eigenvalue weighted by Crippen LogP contribution is -2.39. The highest BCUT2D eigenvalue weighted by molar-refractivity contribution is 5.83.